The Morgan fingerprint density at radius 3 is 2.29 bits per heavy atom. The summed E-state index contributed by atoms with van der Waals surface area (Å²) in [5.74, 6) is -1.36. The predicted molar refractivity (Wildman–Crippen MR) is 84.9 cm³/mol. The van der Waals surface area contributed by atoms with Gasteiger partial charge in [-0.1, -0.05) is 30.3 Å². The van der Waals surface area contributed by atoms with E-state index in [9.17, 15) is 19.5 Å². The monoisotopic (exact) mass is 338 g/mol. The summed E-state index contributed by atoms with van der Waals surface area (Å²) >= 11 is 0. The quantitative estimate of drug-likeness (QED) is 0.618. The number of hydrogen-bond donors (Lipinski definition) is 3. The molecule has 1 aromatic carbocycles. The van der Waals surface area contributed by atoms with Crippen molar-refractivity contribution in [3.05, 3.63) is 35.9 Å². The second kappa shape index (κ2) is 9.51. The average Bonchev–Trinajstić information content (AvgIpc) is 2.57. The summed E-state index contributed by atoms with van der Waals surface area (Å²) in [6.07, 6.45) is -2.04. The van der Waals surface area contributed by atoms with Crippen LogP contribution in [0.2, 0.25) is 0 Å². The first-order chi connectivity index (χ1) is 11.3. The molecule has 1 rings (SSSR count). The highest BCUT2D eigenvalue weighted by molar-refractivity contribution is 5.89. The molecule has 0 unspecified atom stereocenters. The first kappa shape index (κ1) is 19.4. The molecular weight excluding hydrogens is 316 g/mol. The Kier molecular flexibility index (Phi) is 7.70. The van der Waals surface area contributed by atoms with Crippen molar-refractivity contribution in [1.29, 1.82) is 0 Å². The Morgan fingerprint density at radius 1 is 1.12 bits per heavy atom. The number of aliphatic hydroxyl groups is 1. The molecule has 0 saturated heterocycles. The number of aliphatic hydroxyl groups excluding tert-OH is 1. The van der Waals surface area contributed by atoms with E-state index in [0.29, 0.717) is 0 Å². The van der Waals surface area contributed by atoms with Crippen LogP contribution in [0.15, 0.2) is 30.3 Å². The summed E-state index contributed by atoms with van der Waals surface area (Å²) in [7, 11) is 1.19. The van der Waals surface area contributed by atoms with Crippen LogP contribution in [0.5, 0.6) is 0 Å². The van der Waals surface area contributed by atoms with E-state index in [0.717, 1.165) is 5.56 Å². The van der Waals surface area contributed by atoms with Gasteiger partial charge in [-0.2, -0.15) is 0 Å². The van der Waals surface area contributed by atoms with Gasteiger partial charge in [-0.15, -0.1) is 0 Å². The topological polar surface area (TPSA) is 114 Å². The minimum atomic E-state index is -1.26. The highest BCUT2D eigenvalue weighted by Crippen LogP contribution is 2.02. The van der Waals surface area contributed by atoms with Gasteiger partial charge in [0.2, 0.25) is 5.91 Å². The summed E-state index contributed by atoms with van der Waals surface area (Å²) in [4.78, 5) is 35.2. The van der Waals surface area contributed by atoms with Gasteiger partial charge in [0.05, 0.1) is 13.2 Å². The summed E-state index contributed by atoms with van der Waals surface area (Å²) < 4.78 is 9.49. The van der Waals surface area contributed by atoms with E-state index < -0.39 is 36.2 Å². The second-order valence-electron chi connectivity index (χ2n) is 5.18. The van der Waals surface area contributed by atoms with E-state index >= 15 is 0 Å². The molecule has 8 heteroatoms. The molecule has 1 aromatic rings. The van der Waals surface area contributed by atoms with Gasteiger partial charge in [-0.3, -0.25) is 4.79 Å². The highest BCUT2D eigenvalue weighted by atomic mass is 16.5. The number of ether oxygens (including phenoxy) is 2. The third kappa shape index (κ3) is 6.25. The van der Waals surface area contributed by atoms with Gasteiger partial charge in [-0.25, -0.2) is 9.59 Å². The van der Waals surface area contributed by atoms with Crippen LogP contribution in [0.1, 0.15) is 19.4 Å². The molecule has 2 amide bonds. The molecule has 0 spiro atoms. The first-order valence-corrected chi connectivity index (χ1v) is 7.38. The number of benzene rings is 1. The average molecular weight is 338 g/mol. The number of amides is 2. The molecule has 132 valence electrons. The SMILES string of the molecule is COC(=O)[C@H](C)NC(=O)[C@H](NC(=O)OCc1ccccc1)[C@@H](C)O. The Labute approximate surface area is 140 Å². The molecule has 3 N–H and O–H groups in total. The molecule has 0 aliphatic carbocycles. The second-order valence-corrected chi connectivity index (χ2v) is 5.18. The third-order valence-electron chi connectivity index (χ3n) is 3.16. The summed E-state index contributed by atoms with van der Waals surface area (Å²) in [5, 5.41) is 14.3. The molecule has 0 aromatic heterocycles. The molecule has 0 aliphatic heterocycles. The van der Waals surface area contributed by atoms with Crippen LogP contribution < -0.4 is 10.6 Å². The molecule has 3 atom stereocenters. The Morgan fingerprint density at radius 2 is 1.75 bits per heavy atom. The number of carbonyl (C=O) groups excluding carboxylic acids is 3. The van der Waals surface area contributed by atoms with Crippen LogP contribution in [0.25, 0.3) is 0 Å². The lowest BCUT2D eigenvalue weighted by Gasteiger charge is -2.22. The fourth-order valence-electron chi connectivity index (χ4n) is 1.84. The Hall–Kier alpha value is -2.61. The number of alkyl carbamates (subject to hydrolysis) is 1. The van der Waals surface area contributed by atoms with Crippen LogP contribution in [-0.2, 0) is 25.7 Å². The van der Waals surface area contributed by atoms with Gasteiger partial charge < -0.3 is 25.2 Å². The van der Waals surface area contributed by atoms with Gasteiger partial charge in [0, 0.05) is 0 Å². The van der Waals surface area contributed by atoms with Crippen LogP contribution >= 0.6 is 0 Å². The minimum absolute atomic E-state index is 0.0272. The Bertz CT molecular complexity index is 561. The van der Waals surface area contributed by atoms with Crippen molar-refractivity contribution >= 4 is 18.0 Å². The van der Waals surface area contributed by atoms with E-state index in [2.05, 4.69) is 15.4 Å². The van der Waals surface area contributed by atoms with Gasteiger partial charge in [0.15, 0.2) is 0 Å². The molecule has 0 radical (unpaired) electrons. The van der Waals surface area contributed by atoms with Crippen molar-refractivity contribution in [2.45, 2.75) is 38.6 Å². The van der Waals surface area contributed by atoms with Crippen molar-refractivity contribution in [1.82, 2.24) is 10.6 Å². The standard InChI is InChI=1S/C16H22N2O6/c1-10(15(21)23-3)17-14(20)13(11(2)19)18-16(22)24-9-12-7-5-4-6-8-12/h4-8,10-11,13,19H,9H2,1-3H3,(H,17,20)(H,18,22)/t10-,11+,13+/m0/s1. The van der Waals surface area contributed by atoms with E-state index in [1.54, 1.807) is 24.3 Å². The lowest BCUT2D eigenvalue weighted by Crippen LogP contribution is -2.55. The van der Waals surface area contributed by atoms with Crippen molar-refractivity contribution < 1.29 is 29.0 Å². The van der Waals surface area contributed by atoms with Gasteiger partial charge in [-0.05, 0) is 19.4 Å². The Balaban J connectivity index is 2.56. The fourth-order valence-corrected chi connectivity index (χ4v) is 1.84. The van der Waals surface area contributed by atoms with E-state index in [1.807, 2.05) is 6.07 Å². The zero-order chi connectivity index (χ0) is 18.1. The van der Waals surface area contributed by atoms with Crippen molar-refractivity contribution in [2.24, 2.45) is 0 Å². The molecule has 0 aliphatic rings. The molecular formula is C16H22N2O6. The number of hydrogen-bond acceptors (Lipinski definition) is 6. The van der Waals surface area contributed by atoms with E-state index in [-0.39, 0.29) is 6.61 Å². The highest BCUT2D eigenvalue weighted by Gasteiger charge is 2.28. The molecule has 24 heavy (non-hydrogen) atoms. The zero-order valence-electron chi connectivity index (χ0n) is 13.8. The van der Waals surface area contributed by atoms with Crippen molar-refractivity contribution in [3.63, 3.8) is 0 Å². The number of nitrogens with one attached hydrogen (secondary N) is 2. The van der Waals surface area contributed by atoms with Gasteiger partial charge in [0.1, 0.15) is 18.7 Å². The van der Waals surface area contributed by atoms with Gasteiger partial charge >= 0.3 is 12.1 Å². The van der Waals surface area contributed by atoms with Crippen molar-refractivity contribution in [3.8, 4) is 0 Å². The van der Waals surface area contributed by atoms with Crippen LogP contribution in [0, 0.1) is 0 Å². The maximum Gasteiger partial charge on any atom is 0.408 e. The fraction of sp³-hybridized carbons (Fsp3) is 0.438. The molecule has 0 bridgehead atoms. The lowest BCUT2D eigenvalue weighted by molar-refractivity contribution is -0.145. The maximum absolute atomic E-state index is 12.1. The minimum Gasteiger partial charge on any atom is -0.467 e. The number of methoxy groups -OCH3 is 1. The van der Waals surface area contributed by atoms with Crippen LogP contribution in [0.3, 0.4) is 0 Å². The number of esters is 1. The number of rotatable bonds is 7. The normalized spacial score (nSPS) is 14.0. The molecule has 8 nitrogen and oxygen atoms in total. The zero-order valence-corrected chi connectivity index (χ0v) is 13.8. The largest absolute Gasteiger partial charge is 0.467 e. The first-order valence-electron chi connectivity index (χ1n) is 7.38. The summed E-state index contributed by atoms with van der Waals surface area (Å²) in [6.45, 7) is 2.79. The summed E-state index contributed by atoms with van der Waals surface area (Å²) in [5.41, 5.74) is 0.782. The van der Waals surface area contributed by atoms with Gasteiger partial charge in [0.25, 0.3) is 0 Å². The maximum atomic E-state index is 12.1. The summed E-state index contributed by atoms with van der Waals surface area (Å²) in [6, 6.07) is 6.83. The third-order valence-corrected chi connectivity index (χ3v) is 3.16. The smallest absolute Gasteiger partial charge is 0.408 e. The van der Waals surface area contributed by atoms with Crippen LogP contribution in [0.4, 0.5) is 4.79 Å². The lowest BCUT2D eigenvalue weighted by atomic mass is 10.1. The van der Waals surface area contributed by atoms with E-state index in [1.165, 1.54) is 21.0 Å². The molecule has 0 fully saturated rings. The molecule has 0 saturated carbocycles. The van der Waals surface area contributed by atoms with Crippen LogP contribution in [-0.4, -0.2) is 48.4 Å². The number of carbonyl (C=O) groups is 3. The molecule has 0 heterocycles. The predicted octanol–water partition coefficient (Wildman–Crippen LogP) is 0.340. The van der Waals surface area contributed by atoms with E-state index in [4.69, 9.17) is 4.74 Å². The van der Waals surface area contributed by atoms with Crippen molar-refractivity contribution in [2.75, 3.05) is 7.11 Å².